The van der Waals surface area contributed by atoms with Crippen molar-refractivity contribution in [1.29, 1.82) is 0 Å². The number of fused-ring (bicyclic) bond motifs is 2. The van der Waals surface area contributed by atoms with Crippen molar-refractivity contribution in [2.24, 2.45) is 11.8 Å². The van der Waals surface area contributed by atoms with Gasteiger partial charge in [-0.3, -0.25) is 0 Å². The number of hydrogen-bond donors (Lipinski definition) is 1. The molecule has 0 radical (unpaired) electrons. The van der Waals surface area contributed by atoms with E-state index in [1.807, 2.05) is 6.92 Å². The number of aryl methyl sites for hydroxylation is 2. The molecule has 1 aromatic carbocycles. The van der Waals surface area contributed by atoms with E-state index in [2.05, 4.69) is 50.3 Å². The highest BCUT2D eigenvalue weighted by Crippen LogP contribution is 2.45. The standard InChI is InChI=1S/C25H33ClO/c1-4-6-19(8-5-7-18(3)27)25-23-13-9-17(2)15-20(23)10-11-21-16-22(26)12-14-24(21)25/h9,12-16,18,21,24,27H,4-8,10-11H2,1-3H3/b25-19-. The van der Waals surface area contributed by atoms with E-state index in [1.54, 1.807) is 5.57 Å². The van der Waals surface area contributed by atoms with E-state index in [4.69, 9.17) is 11.6 Å². The molecule has 1 nitrogen and oxygen atoms in total. The summed E-state index contributed by atoms with van der Waals surface area (Å²) >= 11 is 6.36. The predicted molar refractivity (Wildman–Crippen MR) is 117 cm³/mol. The van der Waals surface area contributed by atoms with E-state index in [0.717, 1.165) is 50.0 Å². The van der Waals surface area contributed by atoms with E-state index >= 15 is 0 Å². The first-order valence-corrected chi connectivity index (χ1v) is 10.9. The van der Waals surface area contributed by atoms with Crippen LogP contribution >= 0.6 is 11.6 Å². The maximum absolute atomic E-state index is 9.71. The van der Waals surface area contributed by atoms with Gasteiger partial charge in [0.15, 0.2) is 0 Å². The molecule has 0 heterocycles. The van der Waals surface area contributed by atoms with Gasteiger partial charge in [-0.25, -0.2) is 0 Å². The fourth-order valence-corrected chi connectivity index (χ4v) is 4.94. The van der Waals surface area contributed by atoms with E-state index in [-0.39, 0.29) is 6.10 Å². The topological polar surface area (TPSA) is 20.2 Å². The lowest BCUT2D eigenvalue weighted by molar-refractivity contribution is 0.181. The van der Waals surface area contributed by atoms with Crippen molar-refractivity contribution >= 4 is 17.2 Å². The fourth-order valence-electron chi connectivity index (χ4n) is 4.70. The Balaban J connectivity index is 2.08. The lowest BCUT2D eigenvalue weighted by Gasteiger charge is -2.28. The first-order valence-electron chi connectivity index (χ1n) is 10.5. The smallest absolute Gasteiger partial charge is 0.0512 e. The van der Waals surface area contributed by atoms with Gasteiger partial charge in [-0.05, 0) is 81.1 Å². The summed E-state index contributed by atoms with van der Waals surface area (Å²) in [6, 6.07) is 6.98. The molecule has 3 atom stereocenters. The zero-order valence-electron chi connectivity index (χ0n) is 17.0. The van der Waals surface area contributed by atoms with Crippen LogP contribution in [0.5, 0.6) is 0 Å². The minimum Gasteiger partial charge on any atom is -0.393 e. The summed E-state index contributed by atoms with van der Waals surface area (Å²) in [7, 11) is 0. The highest BCUT2D eigenvalue weighted by molar-refractivity contribution is 6.31. The molecule has 2 aliphatic rings. The normalized spacial score (nSPS) is 24.6. The van der Waals surface area contributed by atoms with Crippen LogP contribution in [0, 0.1) is 18.8 Å². The first-order chi connectivity index (χ1) is 13.0. The van der Waals surface area contributed by atoms with Gasteiger partial charge < -0.3 is 5.11 Å². The van der Waals surface area contributed by atoms with Crippen molar-refractivity contribution in [3.63, 3.8) is 0 Å². The molecule has 27 heavy (non-hydrogen) atoms. The largest absolute Gasteiger partial charge is 0.393 e. The number of aliphatic hydroxyl groups is 1. The summed E-state index contributed by atoms with van der Waals surface area (Å²) in [4.78, 5) is 0. The van der Waals surface area contributed by atoms with Crippen LogP contribution < -0.4 is 0 Å². The van der Waals surface area contributed by atoms with E-state index in [9.17, 15) is 5.11 Å². The molecule has 0 bridgehead atoms. The molecule has 0 saturated carbocycles. The molecule has 2 heteroatoms. The average Bonchev–Trinajstić information content (AvgIpc) is 2.77. The molecule has 0 fully saturated rings. The summed E-state index contributed by atoms with van der Waals surface area (Å²) in [6.45, 7) is 6.35. The summed E-state index contributed by atoms with van der Waals surface area (Å²) < 4.78 is 0. The van der Waals surface area contributed by atoms with Gasteiger partial charge in [-0.1, -0.05) is 66.4 Å². The van der Waals surface area contributed by atoms with Crippen molar-refractivity contribution in [3.05, 3.63) is 63.7 Å². The minimum absolute atomic E-state index is 0.217. The Morgan fingerprint density at radius 3 is 2.85 bits per heavy atom. The maximum Gasteiger partial charge on any atom is 0.0512 e. The minimum atomic E-state index is -0.217. The number of hydrogen-bond acceptors (Lipinski definition) is 1. The molecule has 0 spiro atoms. The molecular weight excluding hydrogens is 352 g/mol. The molecule has 1 N–H and O–H groups in total. The first kappa shape index (κ1) is 20.4. The zero-order valence-corrected chi connectivity index (χ0v) is 17.7. The Labute approximate surface area is 169 Å². The van der Waals surface area contributed by atoms with Crippen LogP contribution in [0.25, 0.3) is 5.57 Å². The number of allylic oxidation sites excluding steroid dienone is 6. The van der Waals surface area contributed by atoms with Gasteiger partial charge in [0.1, 0.15) is 0 Å². The maximum atomic E-state index is 9.71. The summed E-state index contributed by atoms with van der Waals surface area (Å²) in [5, 5.41) is 10.6. The number of benzene rings is 1. The van der Waals surface area contributed by atoms with Gasteiger partial charge in [0.25, 0.3) is 0 Å². The van der Waals surface area contributed by atoms with Gasteiger partial charge in [0.05, 0.1) is 6.10 Å². The lowest BCUT2D eigenvalue weighted by atomic mass is 9.76. The molecule has 1 aromatic rings. The average molecular weight is 385 g/mol. The molecule has 0 amide bonds. The summed E-state index contributed by atoms with van der Waals surface area (Å²) in [5.41, 5.74) is 7.40. The summed E-state index contributed by atoms with van der Waals surface area (Å²) in [5.74, 6) is 0.901. The third-order valence-electron chi connectivity index (χ3n) is 5.96. The quantitative estimate of drug-likeness (QED) is 0.561. The Bertz CT molecular complexity index is 754. The molecule has 3 unspecified atom stereocenters. The zero-order chi connectivity index (χ0) is 19.4. The molecule has 0 aromatic heterocycles. The van der Waals surface area contributed by atoms with Crippen LogP contribution in [0.15, 0.2) is 47.0 Å². The van der Waals surface area contributed by atoms with Crippen LogP contribution in [0.1, 0.15) is 69.1 Å². The summed E-state index contributed by atoms with van der Waals surface area (Å²) in [6.07, 6.45) is 14.0. The molecule has 146 valence electrons. The van der Waals surface area contributed by atoms with E-state index in [1.165, 1.54) is 22.3 Å². The van der Waals surface area contributed by atoms with Gasteiger partial charge in [-0.2, -0.15) is 0 Å². The molecule has 0 aliphatic heterocycles. The number of rotatable bonds is 6. The molecular formula is C25H33ClO. The highest BCUT2D eigenvalue weighted by Gasteiger charge is 2.31. The van der Waals surface area contributed by atoms with Crippen LogP contribution in [0.4, 0.5) is 0 Å². The molecule has 2 aliphatic carbocycles. The lowest BCUT2D eigenvalue weighted by Crippen LogP contribution is -2.15. The van der Waals surface area contributed by atoms with Crippen molar-refractivity contribution in [3.8, 4) is 0 Å². The van der Waals surface area contributed by atoms with Gasteiger partial charge >= 0.3 is 0 Å². The SMILES string of the molecule is CCC/C(CCCC(C)O)=C1\c2ccc(C)cc2CCC2C=C(Cl)C=CC12. The van der Waals surface area contributed by atoms with Gasteiger partial charge in [0.2, 0.25) is 0 Å². The monoisotopic (exact) mass is 384 g/mol. The Morgan fingerprint density at radius 2 is 2.11 bits per heavy atom. The third kappa shape index (κ3) is 4.95. The highest BCUT2D eigenvalue weighted by atomic mass is 35.5. The van der Waals surface area contributed by atoms with Crippen molar-refractivity contribution < 1.29 is 5.11 Å². The fraction of sp³-hybridized carbons (Fsp3) is 0.520. The van der Waals surface area contributed by atoms with E-state index in [0.29, 0.717) is 11.8 Å². The van der Waals surface area contributed by atoms with Crippen molar-refractivity contribution in [2.75, 3.05) is 0 Å². The Hall–Kier alpha value is -1.31. The van der Waals surface area contributed by atoms with Crippen LogP contribution in [0.2, 0.25) is 0 Å². The van der Waals surface area contributed by atoms with E-state index < -0.39 is 0 Å². The van der Waals surface area contributed by atoms with Gasteiger partial charge in [-0.15, -0.1) is 0 Å². The second kappa shape index (κ2) is 9.26. The van der Waals surface area contributed by atoms with Crippen LogP contribution in [-0.2, 0) is 6.42 Å². The van der Waals surface area contributed by atoms with Crippen LogP contribution in [-0.4, -0.2) is 11.2 Å². The predicted octanol–water partition coefficient (Wildman–Crippen LogP) is 6.97. The van der Waals surface area contributed by atoms with Gasteiger partial charge in [0, 0.05) is 11.0 Å². The number of aliphatic hydroxyl groups excluding tert-OH is 1. The second-order valence-electron chi connectivity index (χ2n) is 8.31. The second-order valence-corrected chi connectivity index (χ2v) is 8.74. The third-order valence-corrected chi connectivity index (χ3v) is 6.21. The van der Waals surface area contributed by atoms with Crippen molar-refractivity contribution in [2.45, 2.75) is 71.8 Å². The van der Waals surface area contributed by atoms with Crippen molar-refractivity contribution in [1.82, 2.24) is 0 Å². The molecule has 3 rings (SSSR count). The Kier molecular flexibility index (Phi) is 7.00. The Morgan fingerprint density at radius 1 is 1.30 bits per heavy atom. The van der Waals surface area contributed by atoms with Crippen LogP contribution in [0.3, 0.4) is 0 Å². The molecule has 0 saturated heterocycles. The number of halogens is 1.